The first-order chi connectivity index (χ1) is 6.81. The molecule has 1 fully saturated rings. The molecule has 1 aromatic rings. The van der Waals surface area contributed by atoms with E-state index < -0.39 is 0 Å². The standard InChI is InChI=1S/C11H14O2S/c12-10-3-1-2-9(6-10)11(7-14-13)8-4-5-8/h1-3,6,8,11-13H,4-5,7H2. The molecule has 1 unspecified atom stereocenters. The van der Waals surface area contributed by atoms with E-state index in [1.807, 2.05) is 12.1 Å². The molecule has 0 spiro atoms. The summed E-state index contributed by atoms with van der Waals surface area (Å²) in [5, 5.41) is 9.36. The lowest BCUT2D eigenvalue weighted by molar-refractivity contribution is 0.473. The number of rotatable bonds is 4. The smallest absolute Gasteiger partial charge is 0.115 e. The predicted octanol–water partition coefficient (Wildman–Crippen LogP) is 3.09. The Morgan fingerprint density at radius 2 is 2.21 bits per heavy atom. The van der Waals surface area contributed by atoms with Crippen molar-refractivity contribution in [3.05, 3.63) is 29.8 Å². The average molecular weight is 210 g/mol. The summed E-state index contributed by atoms with van der Waals surface area (Å²) in [4.78, 5) is 0. The second kappa shape index (κ2) is 4.24. The number of hydrogen-bond acceptors (Lipinski definition) is 3. The largest absolute Gasteiger partial charge is 0.508 e. The highest BCUT2D eigenvalue weighted by atomic mass is 32.2. The summed E-state index contributed by atoms with van der Waals surface area (Å²) in [6.07, 6.45) is 2.50. The molecule has 0 heterocycles. The molecule has 2 N–H and O–H groups in total. The summed E-state index contributed by atoms with van der Waals surface area (Å²) in [7, 11) is 0. The van der Waals surface area contributed by atoms with Crippen LogP contribution in [0.2, 0.25) is 0 Å². The summed E-state index contributed by atoms with van der Waals surface area (Å²) < 4.78 is 8.90. The van der Waals surface area contributed by atoms with Gasteiger partial charge in [-0.05, 0) is 54.4 Å². The Bertz CT molecular complexity index is 310. The van der Waals surface area contributed by atoms with Crippen molar-refractivity contribution in [1.82, 2.24) is 0 Å². The van der Waals surface area contributed by atoms with Gasteiger partial charge in [0.25, 0.3) is 0 Å². The SMILES string of the molecule is OSCC(c1cccc(O)c1)C1CC1. The zero-order chi connectivity index (χ0) is 9.97. The third-order valence-corrected chi connectivity index (χ3v) is 3.25. The monoisotopic (exact) mass is 210 g/mol. The van der Waals surface area contributed by atoms with Gasteiger partial charge in [0.15, 0.2) is 0 Å². The number of phenols is 1. The fourth-order valence-corrected chi connectivity index (χ4v) is 2.46. The van der Waals surface area contributed by atoms with E-state index in [-0.39, 0.29) is 0 Å². The van der Waals surface area contributed by atoms with Crippen LogP contribution in [-0.4, -0.2) is 15.4 Å². The van der Waals surface area contributed by atoms with E-state index in [9.17, 15) is 5.11 Å². The molecule has 0 amide bonds. The quantitative estimate of drug-likeness (QED) is 0.750. The molecule has 2 rings (SSSR count). The highest BCUT2D eigenvalue weighted by molar-refractivity contribution is 7.93. The van der Waals surface area contributed by atoms with E-state index >= 15 is 0 Å². The molecule has 1 aromatic carbocycles. The average Bonchev–Trinajstić information content (AvgIpc) is 2.97. The lowest BCUT2D eigenvalue weighted by Crippen LogP contribution is -2.04. The maximum absolute atomic E-state index is 9.36. The van der Waals surface area contributed by atoms with Crippen LogP contribution in [0, 0.1) is 5.92 Å². The van der Waals surface area contributed by atoms with Crippen molar-refractivity contribution >= 4 is 12.0 Å². The van der Waals surface area contributed by atoms with Gasteiger partial charge >= 0.3 is 0 Å². The summed E-state index contributed by atoms with van der Waals surface area (Å²) >= 11 is 0.897. The van der Waals surface area contributed by atoms with Crippen LogP contribution < -0.4 is 0 Å². The summed E-state index contributed by atoms with van der Waals surface area (Å²) in [5.41, 5.74) is 1.15. The van der Waals surface area contributed by atoms with E-state index in [1.54, 1.807) is 12.1 Å². The maximum Gasteiger partial charge on any atom is 0.115 e. The number of phenolic OH excluding ortho intramolecular Hbond substituents is 1. The van der Waals surface area contributed by atoms with Gasteiger partial charge in [-0.2, -0.15) is 0 Å². The van der Waals surface area contributed by atoms with Gasteiger partial charge in [-0.25, -0.2) is 0 Å². The lowest BCUT2D eigenvalue weighted by atomic mass is 9.96. The van der Waals surface area contributed by atoms with Gasteiger partial charge < -0.3 is 9.66 Å². The van der Waals surface area contributed by atoms with Crippen molar-refractivity contribution in [2.24, 2.45) is 5.92 Å². The zero-order valence-electron chi connectivity index (χ0n) is 7.89. The van der Waals surface area contributed by atoms with Gasteiger partial charge in [0, 0.05) is 5.75 Å². The van der Waals surface area contributed by atoms with Gasteiger partial charge in [-0.1, -0.05) is 12.1 Å². The molecular formula is C11H14O2S. The topological polar surface area (TPSA) is 40.5 Å². The molecule has 1 aliphatic rings. The first-order valence-corrected chi connectivity index (χ1v) is 5.81. The van der Waals surface area contributed by atoms with E-state index in [4.69, 9.17) is 4.55 Å². The second-order valence-electron chi connectivity index (χ2n) is 3.83. The summed E-state index contributed by atoms with van der Waals surface area (Å²) in [6, 6.07) is 7.37. The Morgan fingerprint density at radius 1 is 1.43 bits per heavy atom. The predicted molar refractivity (Wildman–Crippen MR) is 58.7 cm³/mol. The fraction of sp³-hybridized carbons (Fsp3) is 0.455. The van der Waals surface area contributed by atoms with Crippen LogP contribution in [0.25, 0.3) is 0 Å². The van der Waals surface area contributed by atoms with Crippen LogP contribution in [-0.2, 0) is 0 Å². The summed E-state index contributed by atoms with van der Waals surface area (Å²) in [6.45, 7) is 0. The van der Waals surface area contributed by atoms with E-state index in [1.165, 1.54) is 12.8 Å². The summed E-state index contributed by atoms with van der Waals surface area (Å²) in [5.74, 6) is 2.15. The molecule has 3 heteroatoms. The van der Waals surface area contributed by atoms with Crippen LogP contribution in [0.3, 0.4) is 0 Å². The van der Waals surface area contributed by atoms with Crippen LogP contribution in [0.1, 0.15) is 24.3 Å². The third kappa shape index (κ3) is 2.22. The van der Waals surface area contributed by atoms with Crippen molar-refractivity contribution < 1.29 is 9.66 Å². The Labute approximate surface area is 88.2 Å². The van der Waals surface area contributed by atoms with Gasteiger partial charge in [0.2, 0.25) is 0 Å². The molecule has 1 aliphatic carbocycles. The first-order valence-electron chi connectivity index (χ1n) is 4.86. The molecule has 0 radical (unpaired) electrons. The molecule has 0 aliphatic heterocycles. The maximum atomic E-state index is 9.36. The Kier molecular flexibility index (Phi) is 2.99. The van der Waals surface area contributed by atoms with E-state index in [0.717, 1.165) is 23.4 Å². The van der Waals surface area contributed by atoms with Crippen LogP contribution in [0.5, 0.6) is 5.75 Å². The minimum absolute atomic E-state index is 0.316. The molecular weight excluding hydrogens is 196 g/mol. The minimum atomic E-state index is 0.316. The van der Waals surface area contributed by atoms with Gasteiger partial charge in [-0.15, -0.1) is 0 Å². The van der Waals surface area contributed by atoms with Crippen molar-refractivity contribution in [2.45, 2.75) is 18.8 Å². The fourth-order valence-electron chi connectivity index (χ4n) is 1.84. The molecule has 0 bridgehead atoms. The third-order valence-electron chi connectivity index (χ3n) is 2.74. The van der Waals surface area contributed by atoms with Gasteiger partial charge in [0.05, 0.1) is 0 Å². The van der Waals surface area contributed by atoms with E-state index in [0.29, 0.717) is 17.6 Å². The normalized spacial score (nSPS) is 18.1. The second-order valence-corrected chi connectivity index (χ2v) is 4.43. The Balaban J connectivity index is 2.16. The van der Waals surface area contributed by atoms with Crippen molar-refractivity contribution in [2.75, 3.05) is 5.75 Å². The molecule has 0 saturated heterocycles. The number of aromatic hydroxyl groups is 1. The Hall–Kier alpha value is -0.670. The highest BCUT2D eigenvalue weighted by Crippen LogP contribution is 2.44. The molecule has 0 aromatic heterocycles. The molecule has 1 saturated carbocycles. The molecule has 2 nitrogen and oxygen atoms in total. The number of hydrogen-bond donors (Lipinski definition) is 2. The van der Waals surface area contributed by atoms with E-state index in [2.05, 4.69) is 0 Å². The lowest BCUT2D eigenvalue weighted by Gasteiger charge is -2.14. The van der Waals surface area contributed by atoms with Gasteiger partial charge in [0.1, 0.15) is 5.75 Å². The molecule has 1 atom stereocenters. The van der Waals surface area contributed by atoms with Crippen molar-refractivity contribution in [3.8, 4) is 5.75 Å². The minimum Gasteiger partial charge on any atom is -0.508 e. The van der Waals surface area contributed by atoms with Gasteiger partial charge in [-0.3, -0.25) is 0 Å². The van der Waals surface area contributed by atoms with Crippen LogP contribution in [0.4, 0.5) is 0 Å². The first kappa shape index (κ1) is 9.87. The van der Waals surface area contributed by atoms with Crippen molar-refractivity contribution in [3.63, 3.8) is 0 Å². The van der Waals surface area contributed by atoms with Crippen LogP contribution in [0.15, 0.2) is 24.3 Å². The molecule has 14 heavy (non-hydrogen) atoms. The number of benzene rings is 1. The molecule has 76 valence electrons. The van der Waals surface area contributed by atoms with Crippen molar-refractivity contribution in [1.29, 1.82) is 0 Å². The zero-order valence-corrected chi connectivity index (χ0v) is 8.70. The highest BCUT2D eigenvalue weighted by Gasteiger charge is 2.32. The Morgan fingerprint density at radius 3 is 2.79 bits per heavy atom. The van der Waals surface area contributed by atoms with Crippen LogP contribution >= 0.6 is 12.0 Å².